The Morgan fingerprint density at radius 1 is 1.14 bits per heavy atom. The molecule has 3 aromatic rings. The predicted octanol–water partition coefficient (Wildman–Crippen LogP) is 5.17. The molecule has 0 heterocycles. The highest BCUT2D eigenvalue weighted by Gasteiger charge is 2.16. The number of hydrogen-bond donors (Lipinski definition) is 1. The average molecular weight is 522 g/mol. The number of carbonyl (C=O) groups excluding carboxylic acids is 2. The van der Waals surface area contributed by atoms with Gasteiger partial charge in [0.1, 0.15) is 18.2 Å². The van der Waals surface area contributed by atoms with E-state index in [4.69, 9.17) is 21.1 Å². The molecule has 11 heteroatoms. The minimum absolute atomic E-state index is 0.00638. The highest BCUT2D eigenvalue weighted by molar-refractivity contribution is 6.32. The molecule has 0 aliphatic heterocycles. The zero-order valence-electron chi connectivity index (χ0n) is 19.7. The maximum Gasteiger partial charge on any atom is 0.337 e. The lowest BCUT2D eigenvalue weighted by atomic mass is 10.1. The van der Waals surface area contributed by atoms with Crippen LogP contribution in [0.4, 0.5) is 11.4 Å². The van der Waals surface area contributed by atoms with Crippen LogP contribution in [-0.2, 0) is 16.1 Å². The van der Waals surface area contributed by atoms with Crippen LogP contribution in [0.2, 0.25) is 5.02 Å². The molecule has 0 fully saturated rings. The van der Waals surface area contributed by atoms with Gasteiger partial charge in [0, 0.05) is 17.8 Å². The molecule has 37 heavy (non-hydrogen) atoms. The van der Waals surface area contributed by atoms with E-state index in [1.807, 2.05) is 6.07 Å². The molecule has 0 atom stereocenters. The van der Waals surface area contributed by atoms with Crippen LogP contribution in [0.1, 0.15) is 21.5 Å². The number of halogens is 1. The summed E-state index contributed by atoms with van der Waals surface area (Å²) in [5.74, 6) is -0.755. The van der Waals surface area contributed by atoms with Gasteiger partial charge in [-0.3, -0.25) is 14.9 Å². The first-order valence-electron chi connectivity index (χ1n) is 10.6. The lowest BCUT2D eigenvalue weighted by Crippen LogP contribution is -2.13. The quantitative estimate of drug-likeness (QED) is 0.134. The molecule has 0 aliphatic rings. The molecule has 10 nitrogen and oxygen atoms in total. The van der Waals surface area contributed by atoms with E-state index in [1.165, 1.54) is 68.8 Å². The monoisotopic (exact) mass is 521 g/mol. The Morgan fingerprint density at radius 3 is 2.49 bits per heavy atom. The van der Waals surface area contributed by atoms with Gasteiger partial charge in [-0.05, 0) is 53.6 Å². The Bertz CT molecular complexity index is 1410. The van der Waals surface area contributed by atoms with Gasteiger partial charge in [0.15, 0.2) is 11.5 Å². The Balaban J connectivity index is 1.78. The Kier molecular flexibility index (Phi) is 8.81. The second-order valence-electron chi connectivity index (χ2n) is 7.44. The minimum Gasteiger partial charge on any atom is -0.493 e. The summed E-state index contributed by atoms with van der Waals surface area (Å²) in [6.07, 6.45) is 1.33. The fraction of sp³-hybridized carbons (Fsp3) is 0.115. The number of amides is 1. The van der Waals surface area contributed by atoms with E-state index >= 15 is 0 Å². The summed E-state index contributed by atoms with van der Waals surface area (Å²) in [4.78, 5) is 34.7. The van der Waals surface area contributed by atoms with Crippen LogP contribution in [0, 0.1) is 21.4 Å². The van der Waals surface area contributed by atoms with Crippen LogP contribution in [0.25, 0.3) is 6.08 Å². The molecule has 0 radical (unpaired) electrons. The molecule has 0 spiro atoms. The lowest BCUT2D eigenvalue weighted by molar-refractivity contribution is -0.384. The Labute approximate surface area is 216 Å². The molecule has 1 N–H and O–H groups in total. The number of nitriles is 1. The van der Waals surface area contributed by atoms with Crippen LogP contribution >= 0.6 is 11.6 Å². The molecule has 0 saturated carbocycles. The van der Waals surface area contributed by atoms with E-state index in [0.29, 0.717) is 22.4 Å². The molecule has 1 amide bonds. The number of esters is 1. The van der Waals surface area contributed by atoms with Crippen molar-refractivity contribution >= 4 is 40.9 Å². The van der Waals surface area contributed by atoms with Crippen LogP contribution in [0.15, 0.2) is 66.2 Å². The summed E-state index contributed by atoms with van der Waals surface area (Å²) in [7, 11) is 2.66. The summed E-state index contributed by atoms with van der Waals surface area (Å²) < 4.78 is 15.7. The maximum atomic E-state index is 12.6. The van der Waals surface area contributed by atoms with Gasteiger partial charge in [-0.15, -0.1) is 0 Å². The number of non-ortho nitro benzene ring substituents is 1. The number of nitrogens with zero attached hydrogens (tertiary/aromatic N) is 2. The molecule has 0 unspecified atom stereocenters. The zero-order valence-corrected chi connectivity index (χ0v) is 20.4. The number of carbonyl (C=O) groups is 2. The van der Waals surface area contributed by atoms with E-state index in [2.05, 4.69) is 10.1 Å². The molecule has 3 rings (SSSR count). The van der Waals surface area contributed by atoms with Gasteiger partial charge in [0.05, 0.1) is 29.7 Å². The summed E-state index contributed by atoms with van der Waals surface area (Å²) in [6.45, 7) is -0.00638. The predicted molar refractivity (Wildman–Crippen MR) is 135 cm³/mol. The van der Waals surface area contributed by atoms with Gasteiger partial charge >= 0.3 is 5.97 Å². The van der Waals surface area contributed by atoms with Gasteiger partial charge in [-0.2, -0.15) is 5.26 Å². The first-order chi connectivity index (χ1) is 17.7. The normalized spacial score (nSPS) is 10.7. The third kappa shape index (κ3) is 6.84. The minimum atomic E-state index is -0.672. The number of methoxy groups -OCH3 is 2. The Morgan fingerprint density at radius 2 is 1.86 bits per heavy atom. The van der Waals surface area contributed by atoms with Crippen molar-refractivity contribution in [2.24, 2.45) is 0 Å². The van der Waals surface area contributed by atoms with Crippen LogP contribution in [-0.4, -0.2) is 31.0 Å². The number of rotatable bonds is 9. The van der Waals surface area contributed by atoms with Crippen molar-refractivity contribution in [3.05, 3.63) is 98.1 Å². The number of anilines is 1. The van der Waals surface area contributed by atoms with E-state index in [-0.39, 0.29) is 34.4 Å². The van der Waals surface area contributed by atoms with Crippen LogP contribution in [0.5, 0.6) is 11.5 Å². The first-order valence-corrected chi connectivity index (χ1v) is 11.0. The van der Waals surface area contributed by atoms with Gasteiger partial charge in [0.25, 0.3) is 11.6 Å². The highest BCUT2D eigenvalue weighted by Crippen LogP contribution is 2.37. The van der Waals surface area contributed by atoms with Gasteiger partial charge < -0.3 is 19.5 Å². The second kappa shape index (κ2) is 12.2. The molecule has 3 aromatic carbocycles. The molecular formula is C26H20ClN3O7. The largest absolute Gasteiger partial charge is 0.493 e. The second-order valence-corrected chi connectivity index (χ2v) is 7.85. The van der Waals surface area contributed by atoms with E-state index in [1.54, 1.807) is 12.1 Å². The van der Waals surface area contributed by atoms with Crippen molar-refractivity contribution in [2.75, 3.05) is 19.5 Å². The summed E-state index contributed by atoms with van der Waals surface area (Å²) in [6, 6.07) is 16.8. The fourth-order valence-electron chi connectivity index (χ4n) is 3.20. The van der Waals surface area contributed by atoms with E-state index < -0.39 is 16.8 Å². The maximum absolute atomic E-state index is 12.6. The van der Waals surface area contributed by atoms with Crippen molar-refractivity contribution in [2.45, 2.75) is 6.61 Å². The molecular weight excluding hydrogens is 502 g/mol. The van der Waals surface area contributed by atoms with Crippen molar-refractivity contribution in [3.63, 3.8) is 0 Å². The standard InChI is InChI=1S/C26H20ClN3O7/c1-35-23-13-17(12-22(27)24(23)37-15-16-4-3-5-21(11-16)30(33)34)10-19(14-28)25(31)29-20-8-6-18(7-9-20)26(32)36-2/h3-13H,15H2,1-2H3,(H,29,31)/b19-10+. The van der Waals surface area contributed by atoms with Crippen molar-refractivity contribution in [3.8, 4) is 17.6 Å². The van der Waals surface area contributed by atoms with Crippen molar-refractivity contribution in [1.29, 1.82) is 5.26 Å². The number of ether oxygens (including phenoxy) is 3. The third-order valence-corrected chi connectivity index (χ3v) is 5.28. The molecule has 0 aliphatic carbocycles. The van der Waals surface area contributed by atoms with E-state index in [9.17, 15) is 25.0 Å². The van der Waals surface area contributed by atoms with Crippen LogP contribution in [0.3, 0.4) is 0 Å². The average Bonchev–Trinajstić information content (AvgIpc) is 2.90. The number of benzene rings is 3. The first kappa shape index (κ1) is 26.7. The smallest absolute Gasteiger partial charge is 0.337 e. The van der Waals surface area contributed by atoms with Crippen molar-refractivity contribution < 1.29 is 28.7 Å². The van der Waals surface area contributed by atoms with Crippen LogP contribution < -0.4 is 14.8 Å². The number of nitrogens with one attached hydrogen (secondary N) is 1. The highest BCUT2D eigenvalue weighted by atomic mass is 35.5. The molecule has 188 valence electrons. The SMILES string of the molecule is COC(=O)c1ccc(NC(=O)/C(C#N)=C/c2cc(Cl)c(OCc3cccc([N+](=O)[O-])c3)c(OC)c2)cc1. The number of nitro groups is 1. The lowest BCUT2D eigenvalue weighted by Gasteiger charge is -2.13. The Hall–Kier alpha value is -4.88. The number of nitro benzene ring substituents is 1. The number of hydrogen-bond acceptors (Lipinski definition) is 8. The molecule has 0 saturated heterocycles. The summed E-state index contributed by atoms with van der Waals surface area (Å²) >= 11 is 6.39. The van der Waals surface area contributed by atoms with Crippen molar-refractivity contribution in [1.82, 2.24) is 0 Å². The molecule has 0 aromatic heterocycles. The zero-order chi connectivity index (χ0) is 26.9. The molecule has 0 bridgehead atoms. The van der Waals surface area contributed by atoms with E-state index in [0.717, 1.165) is 0 Å². The topological polar surface area (TPSA) is 141 Å². The van der Waals surface area contributed by atoms with Gasteiger partial charge in [-0.1, -0.05) is 23.7 Å². The van der Waals surface area contributed by atoms with Gasteiger partial charge in [0.2, 0.25) is 0 Å². The third-order valence-electron chi connectivity index (χ3n) is 5.00. The fourth-order valence-corrected chi connectivity index (χ4v) is 3.47. The van der Waals surface area contributed by atoms with Gasteiger partial charge in [-0.25, -0.2) is 4.79 Å². The summed E-state index contributed by atoms with van der Waals surface area (Å²) in [5.41, 5.74) is 1.36. The summed E-state index contributed by atoms with van der Waals surface area (Å²) in [5, 5.41) is 23.2.